The molecule has 0 amide bonds. The number of aliphatic hydroxyl groups is 1. The molecule has 0 radical (unpaired) electrons. The summed E-state index contributed by atoms with van der Waals surface area (Å²) in [5.74, 6) is -0.333. The lowest BCUT2D eigenvalue weighted by molar-refractivity contribution is 0.0524. The summed E-state index contributed by atoms with van der Waals surface area (Å²) in [7, 11) is 1.82. The van der Waals surface area contributed by atoms with Gasteiger partial charge in [0.1, 0.15) is 5.56 Å². The highest BCUT2D eigenvalue weighted by Crippen LogP contribution is 2.36. The summed E-state index contributed by atoms with van der Waals surface area (Å²) >= 11 is 0. The van der Waals surface area contributed by atoms with Crippen LogP contribution in [-0.4, -0.2) is 40.6 Å². The second-order valence-electron chi connectivity index (χ2n) is 5.82. The number of nitrogens with one attached hydrogen (secondary N) is 1. The Hall–Kier alpha value is -1.40. The van der Waals surface area contributed by atoms with Crippen LogP contribution in [0.25, 0.3) is 0 Å². The van der Waals surface area contributed by atoms with Crippen molar-refractivity contribution in [2.75, 3.05) is 19.8 Å². The van der Waals surface area contributed by atoms with Gasteiger partial charge in [-0.05, 0) is 19.8 Å². The van der Waals surface area contributed by atoms with E-state index in [9.17, 15) is 9.90 Å². The number of esters is 1. The maximum Gasteiger partial charge on any atom is 0.341 e. The van der Waals surface area contributed by atoms with Crippen molar-refractivity contribution in [2.24, 2.45) is 12.5 Å². The van der Waals surface area contributed by atoms with Crippen LogP contribution >= 0.6 is 0 Å². The molecule has 2 N–H and O–H groups in total. The normalized spacial score (nSPS) is 17.1. The quantitative estimate of drug-likeness (QED) is 0.740. The average molecular weight is 295 g/mol. The largest absolute Gasteiger partial charge is 0.462 e. The third-order valence-corrected chi connectivity index (χ3v) is 4.35. The van der Waals surface area contributed by atoms with Gasteiger partial charge in [-0.15, -0.1) is 0 Å². The first-order valence-electron chi connectivity index (χ1n) is 7.61. The summed E-state index contributed by atoms with van der Waals surface area (Å²) in [6, 6.07) is 0. The van der Waals surface area contributed by atoms with Gasteiger partial charge in [0.15, 0.2) is 0 Å². The number of carbonyl (C=O) groups is 1. The third-order valence-electron chi connectivity index (χ3n) is 4.35. The van der Waals surface area contributed by atoms with Crippen LogP contribution in [0, 0.1) is 5.41 Å². The molecule has 1 aromatic heterocycles. The third kappa shape index (κ3) is 3.63. The molecule has 0 aliphatic heterocycles. The van der Waals surface area contributed by atoms with E-state index in [-0.39, 0.29) is 18.0 Å². The van der Waals surface area contributed by atoms with Crippen molar-refractivity contribution in [3.05, 3.63) is 17.5 Å². The Labute approximate surface area is 125 Å². The Morgan fingerprint density at radius 2 is 2.24 bits per heavy atom. The zero-order valence-corrected chi connectivity index (χ0v) is 12.9. The number of hydrogen-bond acceptors (Lipinski definition) is 5. The summed E-state index contributed by atoms with van der Waals surface area (Å²) < 4.78 is 6.74. The molecule has 1 aromatic rings. The van der Waals surface area contributed by atoms with Crippen LogP contribution in [0.15, 0.2) is 6.20 Å². The molecule has 1 aliphatic carbocycles. The highest BCUT2D eigenvalue weighted by Gasteiger charge is 2.32. The molecule has 1 heterocycles. The molecule has 0 atom stereocenters. The maximum absolute atomic E-state index is 11.9. The van der Waals surface area contributed by atoms with Gasteiger partial charge < -0.3 is 15.2 Å². The van der Waals surface area contributed by atoms with E-state index < -0.39 is 0 Å². The smallest absolute Gasteiger partial charge is 0.341 e. The molecule has 0 aromatic carbocycles. The van der Waals surface area contributed by atoms with E-state index >= 15 is 0 Å². The average Bonchev–Trinajstić information content (AvgIpc) is 3.08. The summed E-state index contributed by atoms with van der Waals surface area (Å²) in [5, 5.41) is 17.1. The molecule has 1 saturated carbocycles. The van der Waals surface area contributed by atoms with Gasteiger partial charge in [-0.3, -0.25) is 4.68 Å². The standard InChI is InChI=1S/C15H25N3O3/c1-3-21-14(20)12-8-17-18(2)13(12)9-16-10-15(11-19)6-4-5-7-15/h8,16,19H,3-7,9-11H2,1-2H3. The minimum Gasteiger partial charge on any atom is -0.462 e. The number of aromatic nitrogens is 2. The van der Waals surface area contributed by atoms with E-state index in [1.807, 2.05) is 7.05 Å². The van der Waals surface area contributed by atoms with Crippen LogP contribution in [0.3, 0.4) is 0 Å². The lowest BCUT2D eigenvalue weighted by Crippen LogP contribution is -2.35. The molecule has 21 heavy (non-hydrogen) atoms. The molecule has 6 heteroatoms. The fraction of sp³-hybridized carbons (Fsp3) is 0.733. The Morgan fingerprint density at radius 1 is 1.52 bits per heavy atom. The second-order valence-corrected chi connectivity index (χ2v) is 5.82. The van der Waals surface area contributed by atoms with Crippen molar-refractivity contribution >= 4 is 5.97 Å². The second kappa shape index (κ2) is 7.04. The van der Waals surface area contributed by atoms with Gasteiger partial charge in [0.2, 0.25) is 0 Å². The fourth-order valence-corrected chi connectivity index (χ4v) is 3.01. The molecule has 0 spiro atoms. The number of hydrogen-bond donors (Lipinski definition) is 2. The minimum absolute atomic E-state index is 0.00266. The van der Waals surface area contributed by atoms with Gasteiger partial charge in [0.05, 0.1) is 18.5 Å². The molecule has 2 rings (SSSR count). The van der Waals surface area contributed by atoms with E-state index in [1.165, 1.54) is 12.8 Å². The van der Waals surface area contributed by atoms with Crippen molar-refractivity contribution in [1.82, 2.24) is 15.1 Å². The van der Waals surface area contributed by atoms with Crippen LogP contribution < -0.4 is 5.32 Å². The monoisotopic (exact) mass is 295 g/mol. The molecule has 0 bridgehead atoms. The Bertz CT molecular complexity index is 479. The van der Waals surface area contributed by atoms with E-state index in [4.69, 9.17) is 4.74 Å². The number of ether oxygens (including phenoxy) is 1. The number of aryl methyl sites for hydroxylation is 1. The SMILES string of the molecule is CCOC(=O)c1cnn(C)c1CNCC1(CO)CCCC1. The van der Waals surface area contributed by atoms with Gasteiger partial charge in [0, 0.05) is 32.2 Å². The molecule has 6 nitrogen and oxygen atoms in total. The van der Waals surface area contributed by atoms with E-state index in [0.29, 0.717) is 18.7 Å². The van der Waals surface area contributed by atoms with Crippen LogP contribution in [-0.2, 0) is 18.3 Å². The van der Waals surface area contributed by atoms with E-state index in [1.54, 1.807) is 17.8 Å². The van der Waals surface area contributed by atoms with Crippen molar-refractivity contribution in [1.29, 1.82) is 0 Å². The summed E-state index contributed by atoms with van der Waals surface area (Å²) in [4.78, 5) is 11.9. The molecule has 118 valence electrons. The van der Waals surface area contributed by atoms with Gasteiger partial charge >= 0.3 is 5.97 Å². The van der Waals surface area contributed by atoms with Crippen LogP contribution in [0.2, 0.25) is 0 Å². The molecule has 1 fully saturated rings. The van der Waals surface area contributed by atoms with Crippen LogP contribution in [0.4, 0.5) is 0 Å². The highest BCUT2D eigenvalue weighted by molar-refractivity contribution is 5.90. The first-order chi connectivity index (χ1) is 10.1. The van der Waals surface area contributed by atoms with E-state index in [2.05, 4.69) is 10.4 Å². The Balaban J connectivity index is 1.96. The summed E-state index contributed by atoms with van der Waals surface area (Å²) in [5.41, 5.74) is 1.33. The van der Waals surface area contributed by atoms with Crippen molar-refractivity contribution in [2.45, 2.75) is 39.2 Å². The summed E-state index contributed by atoms with van der Waals surface area (Å²) in [6.45, 7) is 3.67. The number of carbonyl (C=O) groups excluding carboxylic acids is 1. The Morgan fingerprint density at radius 3 is 2.86 bits per heavy atom. The fourth-order valence-electron chi connectivity index (χ4n) is 3.01. The Kier molecular flexibility index (Phi) is 5.36. The highest BCUT2D eigenvalue weighted by atomic mass is 16.5. The molecule has 1 aliphatic rings. The first kappa shape index (κ1) is 16.0. The molecule has 0 unspecified atom stereocenters. The van der Waals surface area contributed by atoms with E-state index in [0.717, 1.165) is 25.1 Å². The molecular formula is C15H25N3O3. The van der Waals surface area contributed by atoms with Gasteiger partial charge in [-0.25, -0.2) is 4.79 Å². The lowest BCUT2D eigenvalue weighted by atomic mass is 9.87. The van der Waals surface area contributed by atoms with Gasteiger partial charge in [0.25, 0.3) is 0 Å². The predicted octanol–water partition coefficient (Wildman–Crippen LogP) is 1.24. The predicted molar refractivity (Wildman–Crippen MR) is 78.9 cm³/mol. The lowest BCUT2D eigenvalue weighted by Gasteiger charge is -2.26. The van der Waals surface area contributed by atoms with Gasteiger partial charge in [-0.1, -0.05) is 12.8 Å². The maximum atomic E-state index is 11.9. The van der Waals surface area contributed by atoms with Crippen LogP contribution in [0.5, 0.6) is 0 Å². The minimum atomic E-state index is -0.333. The number of rotatable bonds is 7. The number of aliphatic hydroxyl groups excluding tert-OH is 1. The zero-order chi connectivity index (χ0) is 15.3. The summed E-state index contributed by atoms with van der Waals surface area (Å²) in [6.07, 6.45) is 6.04. The van der Waals surface area contributed by atoms with Crippen molar-refractivity contribution in [3.8, 4) is 0 Å². The topological polar surface area (TPSA) is 76.4 Å². The van der Waals surface area contributed by atoms with Crippen LogP contribution in [0.1, 0.15) is 48.7 Å². The number of nitrogens with zero attached hydrogens (tertiary/aromatic N) is 2. The first-order valence-corrected chi connectivity index (χ1v) is 7.61. The van der Waals surface area contributed by atoms with Gasteiger partial charge in [-0.2, -0.15) is 5.10 Å². The van der Waals surface area contributed by atoms with Crippen molar-refractivity contribution in [3.63, 3.8) is 0 Å². The molecular weight excluding hydrogens is 270 g/mol. The molecule has 0 saturated heterocycles. The van der Waals surface area contributed by atoms with Crippen molar-refractivity contribution < 1.29 is 14.6 Å². The zero-order valence-electron chi connectivity index (χ0n) is 12.9.